The Balaban J connectivity index is 4.60. The molecule has 5 nitrogen and oxygen atoms in total. The van der Waals surface area contributed by atoms with E-state index in [0.717, 1.165) is 0 Å². The molecule has 92 valence electrons. The van der Waals surface area contributed by atoms with Gasteiger partial charge < -0.3 is 19.9 Å². The molecule has 0 aromatic carbocycles. The average molecular weight is 239 g/mol. The summed E-state index contributed by atoms with van der Waals surface area (Å²) >= 11 is 0. The first-order valence-corrected chi connectivity index (χ1v) is 6.76. The highest BCUT2D eigenvalue weighted by molar-refractivity contribution is 7.54. The topological polar surface area (TPSA) is 81.8 Å². The second-order valence-electron chi connectivity index (χ2n) is 3.93. The third-order valence-corrected chi connectivity index (χ3v) is 4.05. The van der Waals surface area contributed by atoms with Gasteiger partial charge in [0.05, 0.1) is 12.2 Å². The van der Waals surface area contributed by atoms with Crippen LogP contribution in [0.15, 0.2) is 0 Å². The maximum atomic E-state index is 12.2. The predicted molar refractivity (Wildman–Crippen MR) is 59.7 cm³/mol. The van der Waals surface area contributed by atoms with E-state index in [1.165, 1.54) is 0 Å². The lowest BCUT2D eigenvalue weighted by Crippen LogP contribution is -2.26. The van der Waals surface area contributed by atoms with Crippen LogP contribution in [0.4, 0.5) is 0 Å². The number of aliphatic hydroxyl groups is 1. The van der Waals surface area contributed by atoms with Gasteiger partial charge in [0.1, 0.15) is 5.78 Å². The van der Waals surface area contributed by atoms with Gasteiger partial charge in [-0.25, -0.2) is 0 Å². The van der Waals surface area contributed by atoms with Crippen LogP contribution in [-0.4, -0.2) is 29.7 Å². The molecule has 0 aliphatic carbocycles. The van der Waals surface area contributed by atoms with Crippen LogP contribution in [0.25, 0.3) is 0 Å². The zero-order valence-electron chi connectivity index (χ0n) is 9.84. The molecule has 0 aromatic rings. The molecule has 0 heterocycles. The molecule has 0 radical (unpaired) electrons. The zero-order valence-corrected chi connectivity index (χ0v) is 10.7. The van der Waals surface area contributed by atoms with E-state index in [1.807, 2.05) is 0 Å². The van der Waals surface area contributed by atoms with Crippen molar-refractivity contribution in [1.82, 2.24) is 0 Å². The molecule has 0 aliphatic heterocycles. The Hall–Kier alpha value is 0.0700. The first kappa shape index (κ1) is 15.1. The molecule has 1 unspecified atom stereocenters. The molecular weight excluding hydrogens is 217 g/mol. The molecule has 0 spiro atoms. The molecule has 0 bridgehead atoms. The summed E-state index contributed by atoms with van der Waals surface area (Å²) in [5.74, 6) is -0.771. The number of hydrogen-bond donors (Lipinski definition) is 2. The van der Waals surface area contributed by atoms with Gasteiger partial charge in [-0.05, 0) is 34.1 Å². The van der Waals surface area contributed by atoms with Gasteiger partial charge in [0.25, 0.3) is 0 Å². The van der Waals surface area contributed by atoms with Crippen LogP contribution in [0.5, 0.6) is 0 Å². The predicted octanol–water partition coefficient (Wildman–Crippen LogP) is 1.70. The summed E-state index contributed by atoms with van der Waals surface area (Å²) in [6.07, 6.45) is -0.241. The second kappa shape index (κ2) is 6.61. The SMILES string of the molecule is CC(C)OP(=O)(OC(C)C)C(N)CCO. The minimum atomic E-state index is -3.32. The van der Waals surface area contributed by atoms with E-state index in [1.54, 1.807) is 27.7 Å². The van der Waals surface area contributed by atoms with Gasteiger partial charge in [0, 0.05) is 6.61 Å². The monoisotopic (exact) mass is 239 g/mol. The summed E-state index contributed by atoms with van der Waals surface area (Å²) in [6, 6.07) is 0. The van der Waals surface area contributed by atoms with Crippen LogP contribution in [0.2, 0.25) is 0 Å². The van der Waals surface area contributed by atoms with Gasteiger partial charge in [-0.2, -0.15) is 0 Å². The highest BCUT2D eigenvalue weighted by Crippen LogP contribution is 2.54. The molecule has 3 N–H and O–H groups in total. The van der Waals surface area contributed by atoms with Crippen molar-refractivity contribution in [1.29, 1.82) is 0 Å². The highest BCUT2D eigenvalue weighted by Gasteiger charge is 2.34. The van der Waals surface area contributed by atoms with E-state index in [9.17, 15) is 4.57 Å². The minimum absolute atomic E-state index is 0.131. The van der Waals surface area contributed by atoms with E-state index in [0.29, 0.717) is 0 Å². The Bertz CT molecular complexity index is 206. The molecule has 0 aromatic heterocycles. The Morgan fingerprint density at radius 2 is 1.60 bits per heavy atom. The van der Waals surface area contributed by atoms with Crippen molar-refractivity contribution in [2.45, 2.75) is 52.1 Å². The van der Waals surface area contributed by atoms with Crippen molar-refractivity contribution < 1.29 is 18.7 Å². The molecule has 0 fully saturated rings. The van der Waals surface area contributed by atoms with Gasteiger partial charge in [0.15, 0.2) is 0 Å². The van der Waals surface area contributed by atoms with Crippen molar-refractivity contribution >= 4 is 7.60 Å². The van der Waals surface area contributed by atoms with E-state index in [-0.39, 0.29) is 25.2 Å². The summed E-state index contributed by atoms with van der Waals surface area (Å²) in [6.45, 7) is 6.93. The van der Waals surface area contributed by atoms with Crippen LogP contribution >= 0.6 is 7.60 Å². The molecular formula is C9H22NO4P. The fraction of sp³-hybridized carbons (Fsp3) is 1.00. The first-order chi connectivity index (χ1) is 6.81. The maximum Gasteiger partial charge on any atom is 0.347 e. The fourth-order valence-electron chi connectivity index (χ4n) is 1.06. The normalized spacial score (nSPS) is 14.9. The summed E-state index contributed by atoms with van der Waals surface area (Å²) in [5, 5.41) is 8.76. The van der Waals surface area contributed by atoms with Crippen LogP contribution in [0.3, 0.4) is 0 Å². The molecule has 6 heteroatoms. The quantitative estimate of drug-likeness (QED) is 0.661. The van der Waals surface area contributed by atoms with Gasteiger partial charge in [-0.3, -0.25) is 4.57 Å². The summed E-state index contributed by atoms with van der Waals surface area (Å²) in [7, 11) is -3.32. The van der Waals surface area contributed by atoms with Crippen LogP contribution in [0.1, 0.15) is 34.1 Å². The van der Waals surface area contributed by atoms with Crippen molar-refractivity contribution in [3.05, 3.63) is 0 Å². The Morgan fingerprint density at radius 3 is 1.87 bits per heavy atom. The number of nitrogens with two attached hydrogens (primary N) is 1. The number of aliphatic hydroxyl groups excluding tert-OH is 1. The Morgan fingerprint density at radius 1 is 1.20 bits per heavy atom. The number of rotatable bonds is 7. The lowest BCUT2D eigenvalue weighted by atomic mass is 10.5. The largest absolute Gasteiger partial charge is 0.396 e. The molecule has 1 atom stereocenters. The standard InChI is InChI=1S/C9H22NO4P/c1-7(2)13-15(12,14-8(3)4)9(10)5-6-11/h7-9,11H,5-6,10H2,1-4H3. The van der Waals surface area contributed by atoms with Gasteiger partial charge >= 0.3 is 7.60 Å². The molecule has 0 saturated carbocycles. The fourth-order valence-corrected chi connectivity index (χ4v) is 3.03. The zero-order chi connectivity index (χ0) is 12.1. The molecule has 15 heavy (non-hydrogen) atoms. The van der Waals surface area contributed by atoms with Crippen LogP contribution in [0, 0.1) is 0 Å². The van der Waals surface area contributed by atoms with E-state index in [4.69, 9.17) is 19.9 Å². The Labute approximate surface area is 91.5 Å². The maximum absolute atomic E-state index is 12.2. The second-order valence-corrected chi connectivity index (χ2v) is 6.09. The lowest BCUT2D eigenvalue weighted by Gasteiger charge is -2.27. The van der Waals surface area contributed by atoms with Crippen LogP contribution in [-0.2, 0) is 13.6 Å². The summed E-state index contributed by atoms with van der Waals surface area (Å²) in [4.78, 5) is 0. The van der Waals surface area contributed by atoms with Crippen LogP contribution < -0.4 is 5.73 Å². The van der Waals surface area contributed by atoms with E-state index >= 15 is 0 Å². The third-order valence-electron chi connectivity index (χ3n) is 1.55. The average Bonchev–Trinajstić information content (AvgIpc) is 2.01. The van der Waals surface area contributed by atoms with Gasteiger partial charge in [0.2, 0.25) is 0 Å². The molecule has 0 saturated heterocycles. The smallest absolute Gasteiger partial charge is 0.347 e. The van der Waals surface area contributed by atoms with Crippen molar-refractivity contribution in [3.8, 4) is 0 Å². The third kappa shape index (κ3) is 5.64. The Kier molecular flexibility index (Phi) is 6.64. The van der Waals surface area contributed by atoms with Crippen molar-refractivity contribution in [2.75, 3.05) is 6.61 Å². The lowest BCUT2D eigenvalue weighted by molar-refractivity contribution is 0.133. The van der Waals surface area contributed by atoms with Crippen molar-refractivity contribution in [2.24, 2.45) is 5.73 Å². The van der Waals surface area contributed by atoms with Gasteiger partial charge in [-0.1, -0.05) is 0 Å². The van der Waals surface area contributed by atoms with Crippen molar-refractivity contribution in [3.63, 3.8) is 0 Å². The molecule has 0 amide bonds. The summed E-state index contributed by atoms with van der Waals surface area (Å²) in [5.41, 5.74) is 5.69. The minimum Gasteiger partial charge on any atom is -0.396 e. The molecule has 0 aliphatic rings. The van der Waals surface area contributed by atoms with E-state index in [2.05, 4.69) is 0 Å². The summed E-state index contributed by atoms with van der Waals surface area (Å²) < 4.78 is 22.8. The highest BCUT2D eigenvalue weighted by atomic mass is 31.2. The number of hydrogen-bond acceptors (Lipinski definition) is 5. The van der Waals surface area contributed by atoms with E-state index < -0.39 is 13.4 Å². The molecule has 0 rings (SSSR count). The van der Waals surface area contributed by atoms with Gasteiger partial charge in [-0.15, -0.1) is 0 Å². The first-order valence-electron chi connectivity index (χ1n) is 5.14.